The molecule has 0 N–H and O–H groups in total. The zero-order valence-electron chi connectivity index (χ0n) is 4.44. The van der Waals surface area contributed by atoms with Crippen LogP contribution in [0.2, 0.25) is 0 Å². The molecule has 0 saturated heterocycles. The van der Waals surface area contributed by atoms with Crippen LogP contribution in [0.3, 0.4) is 0 Å². The molecule has 0 radical (unpaired) electrons. The van der Waals surface area contributed by atoms with Gasteiger partial charge in [-0.05, 0) is 47.1 Å². The lowest BCUT2D eigenvalue weighted by Gasteiger charge is -1.91. The van der Waals surface area contributed by atoms with E-state index in [9.17, 15) is 0 Å². The monoisotopic (exact) mass is 334 g/mol. The zero-order chi connectivity index (χ0) is 6.85. The molecule has 1 aliphatic heterocycles. The lowest BCUT2D eigenvalue weighted by molar-refractivity contribution is 1.60. The maximum absolute atomic E-state index is 3.52. The van der Waals surface area contributed by atoms with Crippen LogP contribution >= 0.6 is 56.0 Å². The highest BCUT2D eigenvalue weighted by Crippen LogP contribution is 2.47. The van der Waals surface area contributed by atoms with Crippen LogP contribution in [-0.2, 0) is 0 Å². The molecule has 1 unspecified atom stereocenters. The van der Waals surface area contributed by atoms with E-state index < -0.39 is 0 Å². The Hall–Kier alpha value is 1.27. The minimum Gasteiger partial charge on any atom is -0.153 e. The van der Waals surface area contributed by atoms with Crippen molar-refractivity contribution < 1.29 is 0 Å². The van der Waals surface area contributed by atoms with Crippen molar-refractivity contribution >= 4 is 56.0 Å². The number of hydrogen-bond acceptors (Lipinski definition) is 0. The van der Waals surface area contributed by atoms with Gasteiger partial charge in [-0.2, -0.15) is 9.33 Å². The van der Waals surface area contributed by atoms with Crippen LogP contribution < -0.4 is 0 Å². The summed E-state index contributed by atoms with van der Waals surface area (Å²) in [4.78, 5) is 0. The summed E-state index contributed by atoms with van der Waals surface area (Å²) in [5.74, 6) is 0. The quantitative estimate of drug-likeness (QED) is 0.546. The SMILES string of the molecule is BrCC1=C[SH](Br)C=C1Br. The van der Waals surface area contributed by atoms with Crippen molar-refractivity contribution in [2.45, 2.75) is 0 Å². The second kappa shape index (κ2) is 3.60. The van der Waals surface area contributed by atoms with Crippen molar-refractivity contribution in [2.24, 2.45) is 0 Å². The smallest absolute Gasteiger partial charge is 0.0299 e. The molecular formula is C5H5Br3S. The van der Waals surface area contributed by atoms with Crippen molar-refractivity contribution in [1.82, 2.24) is 0 Å². The van der Waals surface area contributed by atoms with Gasteiger partial charge < -0.3 is 0 Å². The third-order valence-corrected chi connectivity index (χ3v) is 4.95. The number of rotatable bonds is 1. The average Bonchev–Trinajstić information content (AvgIpc) is 2.10. The van der Waals surface area contributed by atoms with Crippen molar-refractivity contribution in [3.8, 4) is 0 Å². The predicted molar refractivity (Wildman–Crippen MR) is 56.8 cm³/mol. The normalized spacial score (nSPS) is 29.9. The second-order valence-corrected chi connectivity index (χ2v) is 6.69. The van der Waals surface area contributed by atoms with E-state index in [-0.39, 0.29) is 9.33 Å². The topological polar surface area (TPSA) is 0 Å². The predicted octanol–water partition coefficient (Wildman–Crippen LogP) is 3.83. The largest absolute Gasteiger partial charge is 0.153 e. The Morgan fingerprint density at radius 2 is 2.11 bits per heavy atom. The van der Waals surface area contributed by atoms with Crippen molar-refractivity contribution in [2.75, 3.05) is 5.33 Å². The summed E-state index contributed by atoms with van der Waals surface area (Å²) in [5, 5.41) is 5.36. The lowest BCUT2D eigenvalue weighted by atomic mass is 10.4. The maximum Gasteiger partial charge on any atom is 0.0299 e. The van der Waals surface area contributed by atoms with Gasteiger partial charge in [0.25, 0.3) is 0 Å². The molecule has 9 heavy (non-hydrogen) atoms. The zero-order valence-corrected chi connectivity index (χ0v) is 10.1. The molecule has 0 fully saturated rings. The van der Waals surface area contributed by atoms with Crippen LogP contribution in [-0.4, -0.2) is 5.33 Å². The highest BCUT2D eigenvalue weighted by atomic mass is 79.9. The minimum atomic E-state index is -0.138. The molecule has 0 aromatic carbocycles. The fourth-order valence-electron chi connectivity index (χ4n) is 0.537. The molecule has 0 aromatic heterocycles. The van der Waals surface area contributed by atoms with E-state index in [2.05, 4.69) is 57.5 Å². The van der Waals surface area contributed by atoms with E-state index in [1.165, 1.54) is 10.1 Å². The van der Waals surface area contributed by atoms with Gasteiger partial charge in [0.15, 0.2) is 0 Å². The number of alkyl halides is 1. The molecule has 0 nitrogen and oxygen atoms in total. The summed E-state index contributed by atoms with van der Waals surface area (Å²) in [6.45, 7) is 0. The number of thiol groups is 1. The van der Waals surface area contributed by atoms with Crippen LogP contribution in [0.4, 0.5) is 0 Å². The van der Waals surface area contributed by atoms with E-state index in [0.29, 0.717) is 0 Å². The van der Waals surface area contributed by atoms with Crippen LogP contribution in [0.1, 0.15) is 0 Å². The van der Waals surface area contributed by atoms with Crippen molar-refractivity contribution in [1.29, 1.82) is 0 Å². The van der Waals surface area contributed by atoms with Gasteiger partial charge >= 0.3 is 0 Å². The third-order valence-electron chi connectivity index (χ3n) is 0.967. The Morgan fingerprint density at radius 3 is 2.33 bits per heavy atom. The molecular weight excluding hydrogens is 332 g/mol. The third kappa shape index (κ3) is 2.10. The Morgan fingerprint density at radius 1 is 1.44 bits per heavy atom. The Bertz CT molecular complexity index is 173. The van der Waals surface area contributed by atoms with Crippen molar-refractivity contribution in [3.63, 3.8) is 0 Å². The summed E-state index contributed by atoms with van der Waals surface area (Å²) in [5.41, 5.74) is 1.35. The van der Waals surface area contributed by atoms with Crippen molar-refractivity contribution in [3.05, 3.63) is 20.9 Å². The maximum atomic E-state index is 3.52. The van der Waals surface area contributed by atoms with Crippen LogP contribution in [0.15, 0.2) is 20.9 Å². The first-order valence-corrected chi connectivity index (χ1v) is 7.74. The molecule has 52 valence electrons. The summed E-state index contributed by atoms with van der Waals surface area (Å²) < 4.78 is 1.22. The fraction of sp³-hybridized carbons (Fsp3) is 0.200. The molecule has 0 amide bonds. The highest BCUT2D eigenvalue weighted by molar-refractivity contribution is 9.55. The molecule has 0 saturated carbocycles. The summed E-state index contributed by atoms with van der Waals surface area (Å²) in [6.07, 6.45) is 0. The van der Waals surface area contributed by atoms with Crippen LogP contribution in [0.25, 0.3) is 0 Å². The van der Waals surface area contributed by atoms with Gasteiger partial charge in [-0.3, -0.25) is 0 Å². The first kappa shape index (κ1) is 8.37. The molecule has 1 aliphatic rings. The minimum absolute atomic E-state index is 0.138. The van der Waals surface area contributed by atoms with E-state index in [0.717, 1.165) is 5.33 Å². The van der Waals surface area contributed by atoms with Gasteiger partial charge in [-0.25, -0.2) is 0 Å². The lowest BCUT2D eigenvalue weighted by Crippen LogP contribution is -1.76. The Kier molecular flexibility index (Phi) is 3.35. The van der Waals surface area contributed by atoms with E-state index in [4.69, 9.17) is 0 Å². The number of allylic oxidation sites excluding steroid dienone is 2. The summed E-state index contributed by atoms with van der Waals surface area (Å²) >= 11 is 10.4. The summed E-state index contributed by atoms with van der Waals surface area (Å²) in [6, 6.07) is 0. The molecule has 4 heteroatoms. The standard InChI is InChI=1S/C5H5Br3S/c6-1-4-2-9(8)3-5(4)7/h2-3,9H,1H2. The Balaban J connectivity index is 2.75. The number of halogens is 3. The molecule has 0 bridgehead atoms. The highest BCUT2D eigenvalue weighted by Gasteiger charge is 2.08. The van der Waals surface area contributed by atoms with E-state index in [1.54, 1.807) is 0 Å². The molecule has 0 aromatic rings. The van der Waals surface area contributed by atoms with Crippen LogP contribution in [0, 0.1) is 0 Å². The first-order chi connectivity index (χ1) is 4.24. The van der Waals surface area contributed by atoms with Gasteiger partial charge in [0, 0.05) is 9.81 Å². The molecule has 1 atom stereocenters. The Labute approximate surface area is 81.6 Å². The second-order valence-electron chi connectivity index (χ2n) is 1.61. The first-order valence-electron chi connectivity index (χ1n) is 2.32. The van der Waals surface area contributed by atoms with Gasteiger partial charge in [0.1, 0.15) is 0 Å². The van der Waals surface area contributed by atoms with Gasteiger partial charge in [-0.1, -0.05) is 15.9 Å². The van der Waals surface area contributed by atoms with Gasteiger partial charge in [-0.15, -0.1) is 0 Å². The fourth-order valence-corrected chi connectivity index (χ4v) is 5.89. The van der Waals surface area contributed by atoms with Crippen LogP contribution in [0.5, 0.6) is 0 Å². The van der Waals surface area contributed by atoms with E-state index in [1.807, 2.05) is 0 Å². The van der Waals surface area contributed by atoms with Gasteiger partial charge in [0.2, 0.25) is 0 Å². The molecule has 1 rings (SSSR count). The molecule has 0 spiro atoms. The average molecular weight is 337 g/mol. The molecule has 0 aliphatic carbocycles. The molecule has 1 heterocycles. The van der Waals surface area contributed by atoms with E-state index >= 15 is 0 Å². The van der Waals surface area contributed by atoms with Gasteiger partial charge in [0.05, 0.1) is 0 Å². The summed E-state index contributed by atoms with van der Waals surface area (Å²) in [7, 11) is -0.138. The number of hydrogen-bond donors (Lipinski definition) is 1.